The average molecular weight is 422 g/mol. The van der Waals surface area contributed by atoms with Crippen LogP contribution in [0, 0.1) is 0 Å². The summed E-state index contributed by atoms with van der Waals surface area (Å²) in [5.41, 5.74) is 5.40. The molecule has 0 aromatic heterocycles. The Balaban J connectivity index is 5.34. The second kappa shape index (κ2) is 12.2. The van der Waals surface area contributed by atoms with Crippen molar-refractivity contribution in [2.45, 2.75) is 57.0 Å². The van der Waals surface area contributed by atoms with Crippen LogP contribution in [0.15, 0.2) is 0 Å². The highest BCUT2D eigenvalue weighted by Gasteiger charge is 2.31. The summed E-state index contributed by atoms with van der Waals surface area (Å²) in [4.78, 5) is 58.2. The van der Waals surface area contributed by atoms with E-state index in [-0.39, 0.29) is 12.2 Å². The van der Waals surface area contributed by atoms with E-state index >= 15 is 0 Å². The summed E-state index contributed by atoms with van der Waals surface area (Å²) in [6, 6.07) is -5.20. The summed E-state index contributed by atoms with van der Waals surface area (Å²) in [5.74, 6) is -5.48. The Morgan fingerprint density at radius 2 is 1.46 bits per heavy atom. The normalized spacial score (nSPS) is 16.0. The van der Waals surface area contributed by atoms with Crippen molar-refractivity contribution in [2.24, 2.45) is 5.73 Å². The molecule has 0 aliphatic carbocycles. The maximum atomic E-state index is 12.4. The number of aliphatic hydroxyl groups excluding tert-OH is 1. The molecule has 3 amide bonds. The van der Waals surface area contributed by atoms with Crippen LogP contribution >= 0.6 is 12.6 Å². The molecule has 28 heavy (non-hydrogen) atoms. The van der Waals surface area contributed by atoms with E-state index in [0.717, 1.165) is 0 Å². The molecule has 5 atom stereocenters. The third-order valence-electron chi connectivity index (χ3n) is 3.55. The molecule has 0 rings (SSSR count). The van der Waals surface area contributed by atoms with Gasteiger partial charge in [-0.05, 0) is 20.3 Å². The number of aliphatic hydroxyl groups is 1. The third-order valence-corrected chi connectivity index (χ3v) is 3.92. The van der Waals surface area contributed by atoms with Crippen LogP contribution in [0.4, 0.5) is 0 Å². The molecule has 0 aliphatic rings. The number of carbonyl (C=O) groups excluding carboxylic acids is 3. The van der Waals surface area contributed by atoms with Crippen molar-refractivity contribution in [3.05, 3.63) is 0 Å². The average Bonchev–Trinajstić information content (AvgIpc) is 2.59. The fourth-order valence-corrected chi connectivity index (χ4v) is 2.19. The van der Waals surface area contributed by atoms with Crippen LogP contribution in [0.1, 0.15) is 26.7 Å². The zero-order chi connectivity index (χ0) is 22.0. The molecule has 0 aromatic rings. The van der Waals surface area contributed by atoms with Gasteiger partial charge in [0.25, 0.3) is 0 Å². The van der Waals surface area contributed by atoms with Gasteiger partial charge >= 0.3 is 11.9 Å². The largest absolute Gasteiger partial charge is 0.481 e. The first-order valence-corrected chi connectivity index (χ1v) is 8.94. The van der Waals surface area contributed by atoms with Crippen LogP contribution in [0.2, 0.25) is 0 Å². The molecular weight excluding hydrogens is 396 g/mol. The quantitative estimate of drug-likeness (QED) is 0.151. The molecule has 0 heterocycles. The SMILES string of the molecule is CC(N)C(=O)NC(C(=O)NC(CCC(=O)O)C(=O)NC(CS)C(=O)O)C(C)O. The molecule has 0 aromatic carbocycles. The van der Waals surface area contributed by atoms with Crippen LogP contribution in [-0.4, -0.2) is 81.0 Å². The second-order valence-electron chi connectivity index (χ2n) is 6.09. The number of thiol groups is 1. The summed E-state index contributed by atoms with van der Waals surface area (Å²) < 4.78 is 0. The summed E-state index contributed by atoms with van der Waals surface area (Å²) in [6.07, 6.45) is -2.20. The minimum Gasteiger partial charge on any atom is -0.481 e. The Morgan fingerprint density at radius 1 is 0.929 bits per heavy atom. The van der Waals surface area contributed by atoms with E-state index in [4.69, 9.17) is 15.9 Å². The van der Waals surface area contributed by atoms with E-state index in [2.05, 4.69) is 28.6 Å². The predicted octanol–water partition coefficient (Wildman–Crippen LogP) is -2.95. The maximum absolute atomic E-state index is 12.4. The third kappa shape index (κ3) is 9.01. The summed E-state index contributed by atoms with van der Waals surface area (Å²) >= 11 is 3.80. The fourth-order valence-electron chi connectivity index (χ4n) is 1.95. The van der Waals surface area contributed by atoms with Crippen LogP contribution in [-0.2, 0) is 24.0 Å². The summed E-state index contributed by atoms with van der Waals surface area (Å²) in [7, 11) is 0. The highest BCUT2D eigenvalue weighted by molar-refractivity contribution is 7.80. The van der Waals surface area contributed by atoms with Gasteiger partial charge in [-0.2, -0.15) is 12.6 Å². The first-order chi connectivity index (χ1) is 12.9. The van der Waals surface area contributed by atoms with Crippen LogP contribution < -0.4 is 21.7 Å². The second-order valence-corrected chi connectivity index (χ2v) is 6.46. The van der Waals surface area contributed by atoms with Gasteiger partial charge in [-0.3, -0.25) is 19.2 Å². The number of hydrogen-bond donors (Lipinski definition) is 8. The Labute approximate surface area is 166 Å². The molecule has 0 aliphatic heterocycles. The lowest BCUT2D eigenvalue weighted by atomic mass is 10.1. The minimum atomic E-state index is -1.46. The lowest BCUT2D eigenvalue weighted by Crippen LogP contribution is -2.59. The van der Waals surface area contributed by atoms with Crippen molar-refractivity contribution in [2.75, 3.05) is 5.75 Å². The van der Waals surface area contributed by atoms with Gasteiger partial charge in [0, 0.05) is 12.2 Å². The van der Waals surface area contributed by atoms with E-state index in [0.29, 0.717) is 0 Å². The van der Waals surface area contributed by atoms with Gasteiger partial charge < -0.3 is 37.0 Å². The predicted molar refractivity (Wildman–Crippen MR) is 99.5 cm³/mol. The fraction of sp³-hybridized carbons (Fsp3) is 0.667. The Morgan fingerprint density at radius 3 is 1.86 bits per heavy atom. The van der Waals surface area contributed by atoms with Crippen molar-refractivity contribution >= 4 is 42.3 Å². The molecule has 160 valence electrons. The number of carboxylic acids is 2. The van der Waals surface area contributed by atoms with Crippen molar-refractivity contribution in [3.63, 3.8) is 0 Å². The molecule has 5 unspecified atom stereocenters. The van der Waals surface area contributed by atoms with Crippen LogP contribution in [0.25, 0.3) is 0 Å². The summed E-state index contributed by atoms with van der Waals surface area (Å²) in [5, 5.41) is 34.1. The first kappa shape index (κ1) is 25.6. The topological polar surface area (TPSA) is 208 Å². The van der Waals surface area contributed by atoms with E-state index in [1.165, 1.54) is 13.8 Å². The molecule has 0 spiro atoms. The molecule has 0 fully saturated rings. The molecular formula is C15H26N4O8S. The van der Waals surface area contributed by atoms with Gasteiger partial charge in [-0.15, -0.1) is 0 Å². The molecule has 0 bridgehead atoms. The molecule has 13 heteroatoms. The zero-order valence-electron chi connectivity index (χ0n) is 15.4. The van der Waals surface area contributed by atoms with Crippen molar-refractivity contribution in [1.82, 2.24) is 16.0 Å². The van der Waals surface area contributed by atoms with E-state index in [1.807, 2.05) is 0 Å². The van der Waals surface area contributed by atoms with Gasteiger partial charge in [0.05, 0.1) is 12.1 Å². The molecule has 0 saturated heterocycles. The van der Waals surface area contributed by atoms with Gasteiger partial charge in [-0.25, -0.2) is 4.79 Å². The number of carboxylic acid groups (broad SMARTS) is 2. The molecule has 12 nitrogen and oxygen atoms in total. The van der Waals surface area contributed by atoms with Gasteiger partial charge in [0.2, 0.25) is 17.7 Å². The number of aliphatic carboxylic acids is 2. The number of amides is 3. The Hall–Kier alpha value is -2.38. The number of nitrogens with one attached hydrogen (secondary N) is 3. The molecule has 0 radical (unpaired) electrons. The highest BCUT2D eigenvalue weighted by Crippen LogP contribution is 2.03. The monoisotopic (exact) mass is 422 g/mol. The number of hydrogen-bond acceptors (Lipinski definition) is 8. The Bertz CT molecular complexity index is 599. The van der Waals surface area contributed by atoms with Crippen molar-refractivity contribution in [3.8, 4) is 0 Å². The lowest BCUT2D eigenvalue weighted by Gasteiger charge is -2.25. The number of nitrogens with two attached hydrogens (primary N) is 1. The Kier molecular flexibility index (Phi) is 11.1. The van der Waals surface area contributed by atoms with E-state index in [9.17, 15) is 29.1 Å². The van der Waals surface area contributed by atoms with E-state index in [1.54, 1.807) is 0 Å². The smallest absolute Gasteiger partial charge is 0.327 e. The standard InChI is InChI=1S/C15H26N4O8S/c1-6(16)12(23)19-11(7(2)20)14(25)17-8(3-4-10(21)22)13(24)18-9(5-28)15(26)27/h6-9,11,20,28H,3-5,16H2,1-2H3,(H,17,25)(H,18,24)(H,19,23)(H,21,22)(H,26,27). The maximum Gasteiger partial charge on any atom is 0.327 e. The van der Waals surface area contributed by atoms with Gasteiger partial charge in [-0.1, -0.05) is 0 Å². The number of rotatable bonds is 12. The number of carbonyl (C=O) groups is 5. The minimum absolute atomic E-state index is 0.235. The van der Waals surface area contributed by atoms with Crippen LogP contribution in [0.3, 0.4) is 0 Å². The van der Waals surface area contributed by atoms with E-state index < -0.39 is 66.4 Å². The van der Waals surface area contributed by atoms with Crippen LogP contribution in [0.5, 0.6) is 0 Å². The zero-order valence-corrected chi connectivity index (χ0v) is 16.3. The van der Waals surface area contributed by atoms with Gasteiger partial charge in [0.1, 0.15) is 18.1 Å². The molecule has 0 saturated carbocycles. The lowest BCUT2D eigenvalue weighted by molar-refractivity contribution is -0.142. The van der Waals surface area contributed by atoms with Crippen molar-refractivity contribution in [1.29, 1.82) is 0 Å². The van der Waals surface area contributed by atoms with Crippen molar-refractivity contribution < 1.29 is 39.3 Å². The highest BCUT2D eigenvalue weighted by atomic mass is 32.1. The summed E-state index contributed by atoms with van der Waals surface area (Å²) in [6.45, 7) is 2.58. The van der Waals surface area contributed by atoms with Gasteiger partial charge in [0.15, 0.2) is 0 Å². The first-order valence-electron chi connectivity index (χ1n) is 8.30. The molecule has 8 N–H and O–H groups in total.